The number of benzene rings is 1. The summed E-state index contributed by atoms with van der Waals surface area (Å²) in [5.74, 6) is -5.22. The summed E-state index contributed by atoms with van der Waals surface area (Å²) in [6, 6.07) is 1.32. The molecule has 0 unspecified atom stereocenters. The standard InChI is InChI=1S/C12H11F3N4O2/c1-5(2)10-11(19(20)21)12(16)18(17-10)6-3-7(13)9(15)8(14)4-6/h3-5H,16H2,1-2H3. The highest BCUT2D eigenvalue weighted by molar-refractivity contribution is 5.61. The molecule has 0 saturated carbocycles. The van der Waals surface area contributed by atoms with Crippen molar-refractivity contribution in [1.29, 1.82) is 0 Å². The van der Waals surface area contributed by atoms with E-state index < -0.39 is 28.1 Å². The highest BCUT2D eigenvalue weighted by Gasteiger charge is 2.29. The van der Waals surface area contributed by atoms with Crippen LogP contribution in [-0.4, -0.2) is 14.7 Å². The fraction of sp³-hybridized carbons (Fsp3) is 0.250. The van der Waals surface area contributed by atoms with E-state index in [2.05, 4.69) is 5.10 Å². The van der Waals surface area contributed by atoms with Crippen molar-refractivity contribution in [2.24, 2.45) is 0 Å². The van der Waals surface area contributed by atoms with Gasteiger partial charge in [-0.1, -0.05) is 13.8 Å². The lowest BCUT2D eigenvalue weighted by atomic mass is 10.1. The SMILES string of the molecule is CC(C)c1nn(-c2cc(F)c(F)c(F)c2)c(N)c1[N+](=O)[O-]. The molecule has 0 fully saturated rings. The number of nitrogens with two attached hydrogens (primary N) is 1. The Balaban J connectivity index is 2.71. The van der Waals surface area contributed by atoms with E-state index in [-0.39, 0.29) is 23.1 Å². The van der Waals surface area contributed by atoms with Gasteiger partial charge in [-0.05, 0) is 0 Å². The Bertz CT molecular complexity index is 705. The number of rotatable bonds is 3. The van der Waals surface area contributed by atoms with Crippen LogP contribution in [0.4, 0.5) is 24.7 Å². The van der Waals surface area contributed by atoms with Crippen molar-refractivity contribution < 1.29 is 18.1 Å². The fourth-order valence-corrected chi connectivity index (χ4v) is 1.88. The van der Waals surface area contributed by atoms with Gasteiger partial charge in [0, 0.05) is 18.1 Å². The Labute approximate surface area is 117 Å². The molecule has 0 aliphatic rings. The topological polar surface area (TPSA) is 87.0 Å². The Morgan fingerprint density at radius 1 is 1.29 bits per heavy atom. The summed E-state index contributed by atoms with van der Waals surface area (Å²) in [7, 11) is 0. The second-order valence-corrected chi connectivity index (χ2v) is 4.67. The molecule has 0 radical (unpaired) electrons. The van der Waals surface area contributed by atoms with Crippen LogP contribution < -0.4 is 5.73 Å². The summed E-state index contributed by atoms with van der Waals surface area (Å²) in [4.78, 5) is 10.3. The second kappa shape index (κ2) is 5.08. The van der Waals surface area contributed by atoms with Gasteiger partial charge in [0.2, 0.25) is 5.82 Å². The Hall–Kier alpha value is -2.58. The molecule has 0 aliphatic carbocycles. The van der Waals surface area contributed by atoms with Crippen LogP contribution in [-0.2, 0) is 0 Å². The van der Waals surface area contributed by atoms with Crippen molar-refractivity contribution in [1.82, 2.24) is 9.78 Å². The van der Waals surface area contributed by atoms with Crippen LogP contribution in [0.3, 0.4) is 0 Å². The first-order valence-corrected chi connectivity index (χ1v) is 5.91. The third kappa shape index (κ3) is 2.41. The van der Waals surface area contributed by atoms with Gasteiger partial charge in [-0.2, -0.15) is 5.10 Å². The van der Waals surface area contributed by atoms with Crippen LogP contribution >= 0.6 is 0 Å². The third-order valence-corrected chi connectivity index (χ3v) is 2.86. The molecule has 2 aromatic rings. The van der Waals surface area contributed by atoms with Crippen molar-refractivity contribution >= 4 is 11.5 Å². The molecule has 0 amide bonds. The molecule has 6 nitrogen and oxygen atoms in total. The summed E-state index contributed by atoms with van der Waals surface area (Å²) in [6.07, 6.45) is 0. The number of nitrogens with zero attached hydrogens (tertiary/aromatic N) is 3. The molecule has 2 N–H and O–H groups in total. The lowest BCUT2D eigenvalue weighted by Crippen LogP contribution is -2.05. The number of nitro groups is 1. The summed E-state index contributed by atoms with van der Waals surface area (Å²) in [5.41, 5.74) is 5.03. The largest absolute Gasteiger partial charge is 0.378 e. The molecular formula is C12H11F3N4O2. The van der Waals surface area contributed by atoms with Crippen molar-refractivity contribution in [2.45, 2.75) is 19.8 Å². The quantitative estimate of drug-likeness (QED) is 0.536. The lowest BCUT2D eigenvalue weighted by molar-refractivity contribution is -0.384. The van der Waals surface area contributed by atoms with Gasteiger partial charge in [-0.3, -0.25) is 10.1 Å². The number of nitrogen functional groups attached to an aromatic ring is 1. The van der Waals surface area contributed by atoms with E-state index in [4.69, 9.17) is 5.73 Å². The molecule has 2 rings (SSSR count). The zero-order chi connectivity index (χ0) is 15.9. The van der Waals surface area contributed by atoms with Gasteiger partial charge in [0.25, 0.3) is 0 Å². The minimum atomic E-state index is -1.64. The van der Waals surface area contributed by atoms with Crippen molar-refractivity contribution in [3.8, 4) is 5.69 Å². The first-order valence-electron chi connectivity index (χ1n) is 5.91. The average molecular weight is 300 g/mol. The van der Waals surface area contributed by atoms with E-state index in [1.54, 1.807) is 13.8 Å². The number of hydrogen-bond donors (Lipinski definition) is 1. The molecule has 112 valence electrons. The zero-order valence-electron chi connectivity index (χ0n) is 11.1. The molecule has 0 aliphatic heterocycles. The van der Waals surface area contributed by atoms with Crippen molar-refractivity contribution in [3.63, 3.8) is 0 Å². The maximum atomic E-state index is 13.3. The number of anilines is 1. The Kier molecular flexibility index (Phi) is 3.58. The van der Waals surface area contributed by atoms with Gasteiger partial charge in [0.15, 0.2) is 17.5 Å². The smallest absolute Gasteiger partial charge is 0.334 e. The number of aromatic nitrogens is 2. The minimum Gasteiger partial charge on any atom is -0.378 e. The first kappa shape index (κ1) is 14.8. The van der Waals surface area contributed by atoms with Crippen LogP contribution in [0.15, 0.2) is 12.1 Å². The normalized spacial score (nSPS) is 11.1. The van der Waals surface area contributed by atoms with Gasteiger partial charge in [0.1, 0.15) is 5.69 Å². The molecule has 1 heterocycles. The predicted molar refractivity (Wildman–Crippen MR) is 68.6 cm³/mol. The monoisotopic (exact) mass is 300 g/mol. The summed E-state index contributed by atoms with van der Waals surface area (Å²) >= 11 is 0. The van der Waals surface area contributed by atoms with Crippen LogP contribution in [0, 0.1) is 27.6 Å². The molecule has 1 aromatic carbocycles. The van der Waals surface area contributed by atoms with Gasteiger partial charge >= 0.3 is 5.69 Å². The minimum absolute atomic E-state index is 0.0719. The van der Waals surface area contributed by atoms with Gasteiger partial charge < -0.3 is 5.73 Å². The van der Waals surface area contributed by atoms with E-state index in [1.807, 2.05) is 0 Å². The molecule has 21 heavy (non-hydrogen) atoms. The van der Waals surface area contributed by atoms with E-state index in [0.717, 1.165) is 4.68 Å². The lowest BCUT2D eigenvalue weighted by Gasteiger charge is -2.04. The highest BCUT2D eigenvalue weighted by atomic mass is 19.2. The van der Waals surface area contributed by atoms with Crippen LogP contribution in [0.1, 0.15) is 25.5 Å². The molecule has 1 aromatic heterocycles. The highest BCUT2D eigenvalue weighted by Crippen LogP contribution is 2.33. The summed E-state index contributed by atoms with van der Waals surface area (Å²) in [6.45, 7) is 3.32. The Morgan fingerprint density at radius 2 is 1.81 bits per heavy atom. The van der Waals surface area contributed by atoms with Gasteiger partial charge in [-0.15, -0.1) is 0 Å². The maximum Gasteiger partial charge on any atom is 0.334 e. The Morgan fingerprint density at radius 3 is 2.19 bits per heavy atom. The molecule has 0 atom stereocenters. The van der Waals surface area contributed by atoms with E-state index >= 15 is 0 Å². The number of halogens is 3. The van der Waals surface area contributed by atoms with E-state index in [9.17, 15) is 23.3 Å². The van der Waals surface area contributed by atoms with Crippen LogP contribution in [0.5, 0.6) is 0 Å². The average Bonchev–Trinajstić information content (AvgIpc) is 2.73. The van der Waals surface area contributed by atoms with Crippen molar-refractivity contribution in [3.05, 3.63) is 45.4 Å². The summed E-state index contributed by atoms with van der Waals surface area (Å²) < 4.78 is 40.3. The van der Waals surface area contributed by atoms with Crippen LogP contribution in [0.25, 0.3) is 5.69 Å². The zero-order valence-corrected chi connectivity index (χ0v) is 11.1. The molecule has 0 bridgehead atoms. The molecular weight excluding hydrogens is 289 g/mol. The maximum absolute atomic E-state index is 13.3. The number of hydrogen-bond acceptors (Lipinski definition) is 4. The third-order valence-electron chi connectivity index (χ3n) is 2.86. The molecule has 0 saturated heterocycles. The predicted octanol–water partition coefficient (Wildman–Crippen LogP) is 2.90. The molecule has 9 heteroatoms. The van der Waals surface area contributed by atoms with Gasteiger partial charge in [0.05, 0.1) is 10.6 Å². The van der Waals surface area contributed by atoms with E-state index in [1.165, 1.54) is 0 Å². The van der Waals surface area contributed by atoms with Gasteiger partial charge in [-0.25, -0.2) is 17.9 Å². The first-order chi connectivity index (χ1) is 9.73. The van der Waals surface area contributed by atoms with E-state index in [0.29, 0.717) is 12.1 Å². The molecule has 0 spiro atoms. The summed E-state index contributed by atoms with van der Waals surface area (Å²) in [5, 5.41) is 15.0. The fourth-order valence-electron chi connectivity index (χ4n) is 1.88. The van der Waals surface area contributed by atoms with Crippen LogP contribution in [0.2, 0.25) is 0 Å². The second-order valence-electron chi connectivity index (χ2n) is 4.67. The van der Waals surface area contributed by atoms with Crippen molar-refractivity contribution in [2.75, 3.05) is 5.73 Å².